The van der Waals surface area contributed by atoms with Crippen molar-refractivity contribution in [2.75, 3.05) is 31.5 Å². The minimum Gasteiger partial charge on any atom is -0.492 e. The summed E-state index contributed by atoms with van der Waals surface area (Å²) in [5, 5.41) is 5.33. The number of carbonyl (C=O) groups is 1. The van der Waals surface area contributed by atoms with Crippen molar-refractivity contribution in [2.45, 2.75) is 6.92 Å². The molecule has 2 amide bonds. The molecule has 0 fully saturated rings. The fraction of sp³-hybridized carbons (Fsp3) is 0.267. The lowest BCUT2D eigenvalue weighted by atomic mass is 10.3. The first-order valence-corrected chi connectivity index (χ1v) is 6.92. The van der Waals surface area contributed by atoms with Gasteiger partial charge in [-0.1, -0.05) is 12.1 Å². The molecule has 0 aliphatic rings. The Kier molecular flexibility index (Phi) is 5.56. The molecule has 23 heavy (non-hydrogen) atoms. The molecule has 2 N–H and O–H groups in total. The number of para-hydroxylation sites is 2. The minimum atomic E-state index is -0.468. The molecule has 2 rings (SSSR count). The Morgan fingerprint density at radius 3 is 2.57 bits per heavy atom. The van der Waals surface area contributed by atoms with Crippen molar-refractivity contribution >= 4 is 17.4 Å². The highest BCUT2D eigenvalue weighted by molar-refractivity contribution is 6.01. The summed E-state index contributed by atoms with van der Waals surface area (Å²) in [5.74, 6) is 0.785. The number of methoxy groups -OCH3 is 2. The van der Waals surface area contributed by atoms with Crippen LogP contribution in [0.5, 0.6) is 17.6 Å². The molecule has 0 radical (unpaired) electrons. The Hall–Kier alpha value is -3.03. The topological polar surface area (TPSA) is 94.6 Å². The van der Waals surface area contributed by atoms with Crippen LogP contribution in [0.25, 0.3) is 0 Å². The Morgan fingerprint density at radius 1 is 1.13 bits per heavy atom. The highest BCUT2D eigenvalue weighted by Crippen LogP contribution is 2.25. The second-order valence-electron chi connectivity index (χ2n) is 4.29. The third-order valence-corrected chi connectivity index (χ3v) is 2.79. The van der Waals surface area contributed by atoms with Gasteiger partial charge in [-0.3, -0.25) is 0 Å². The molecule has 0 saturated heterocycles. The van der Waals surface area contributed by atoms with Gasteiger partial charge >= 0.3 is 12.0 Å². The van der Waals surface area contributed by atoms with Crippen molar-refractivity contribution in [2.24, 2.45) is 0 Å². The summed E-state index contributed by atoms with van der Waals surface area (Å²) >= 11 is 0. The van der Waals surface area contributed by atoms with E-state index in [4.69, 9.17) is 14.2 Å². The van der Waals surface area contributed by atoms with Gasteiger partial charge in [-0.05, 0) is 19.1 Å². The van der Waals surface area contributed by atoms with Crippen LogP contribution in [0, 0.1) is 0 Å². The molecule has 8 nitrogen and oxygen atoms in total. The highest BCUT2D eigenvalue weighted by atomic mass is 16.5. The van der Waals surface area contributed by atoms with Gasteiger partial charge in [0.25, 0.3) is 0 Å². The zero-order chi connectivity index (χ0) is 16.7. The smallest absolute Gasteiger partial charge is 0.323 e. The van der Waals surface area contributed by atoms with Crippen LogP contribution in [-0.4, -0.2) is 36.8 Å². The molecule has 0 aliphatic carbocycles. The van der Waals surface area contributed by atoms with E-state index in [1.807, 2.05) is 13.0 Å². The van der Waals surface area contributed by atoms with Crippen molar-refractivity contribution in [3.05, 3.63) is 30.5 Å². The lowest BCUT2D eigenvalue weighted by Crippen LogP contribution is -2.20. The fourth-order valence-electron chi connectivity index (χ4n) is 1.82. The van der Waals surface area contributed by atoms with Crippen molar-refractivity contribution in [1.29, 1.82) is 0 Å². The summed E-state index contributed by atoms with van der Waals surface area (Å²) in [5.41, 5.74) is 0.875. The minimum absolute atomic E-state index is 0.148. The first kappa shape index (κ1) is 16.3. The van der Waals surface area contributed by atoms with Gasteiger partial charge < -0.3 is 24.8 Å². The van der Waals surface area contributed by atoms with Crippen LogP contribution >= 0.6 is 0 Å². The molecule has 1 heterocycles. The van der Waals surface area contributed by atoms with E-state index in [0.717, 1.165) is 0 Å². The van der Waals surface area contributed by atoms with Crippen LogP contribution in [0.15, 0.2) is 30.5 Å². The lowest BCUT2D eigenvalue weighted by molar-refractivity contribution is 0.261. The number of amides is 2. The molecule has 0 spiro atoms. The number of hydrogen-bond acceptors (Lipinski definition) is 6. The standard InChI is InChI=1S/C15H18N4O4/c1-4-23-12-8-6-5-7-10(12)17-14(20)18-11-9-16-15(22-3)19-13(11)21-2/h5-9H,4H2,1-3H3,(H2,17,18,20). The first-order chi connectivity index (χ1) is 11.2. The molecule has 8 heteroatoms. The Morgan fingerprint density at radius 2 is 1.87 bits per heavy atom. The van der Waals surface area contributed by atoms with Crippen molar-refractivity contribution < 1.29 is 19.0 Å². The van der Waals surface area contributed by atoms with E-state index in [0.29, 0.717) is 23.7 Å². The quantitative estimate of drug-likeness (QED) is 0.850. The van der Waals surface area contributed by atoms with Gasteiger partial charge in [0.15, 0.2) is 0 Å². The lowest BCUT2D eigenvalue weighted by Gasteiger charge is -2.13. The summed E-state index contributed by atoms with van der Waals surface area (Å²) in [4.78, 5) is 20.1. The van der Waals surface area contributed by atoms with E-state index >= 15 is 0 Å². The number of urea groups is 1. The molecular weight excluding hydrogens is 300 g/mol. The normalized spacial score (nSPS) is 9.87. The van der Waals surface area contributed by atoms with Crippen LogP contribution in [0.4, 0.5) is 16.2 Å². The summed E-state index contributed by atoms with van der Waals surface area (Å²) in [6.45, 7) is 2.37. The van der Waals surface area contributed by atoms with Gasteiger partial charge in [-0.15, -0.1) is 0 Å². The maximum absolute atomic E-state index is 12.1. The van der Waals surface area contributed by atoms with E-state index < -0.39 is 6.03 Å². The maximum Gasteiger partial charge on any atom is 0.323 e. The molecule has 0 saturated carbocycles. The second-order valence-corrected chi connectivity index (χ2v) is 4.29. The second kappa shape index (κ2) is 7.83. The Balaban J connectivity index is 2.11. The molecule has 0 unspecified atom stereocenters. The van der Waals surface area contributed by atoms with E-state index in [2.05, 4.69) is 20.6 Å². The van der Waals surface area contributed by atoms with E-state index in [9.17, 15) is 4.79 Å². The molecule has 0 aliphatic heterocycles. The number of rotatable bonds is 6. The van der Waals surface area contributed by atoms with Crippen molar-refractivity contribution in [3.63, 3.8) is 0 Å². The SMILES string of the molecule is CCOc1ccccc1NC(=O)Nc1cnc(OC)nc1OC. The Bertz CT molecular complexity index is 678. The number of hydrogen-bond donors (Lipinski definition) is 2. The van der Waals surface area contributed by atoms with Crippen molar-refractivity contribution in [1.82, 2.24) is 9.97 Å². The van der Waals surface area contributed by atoms with Crippen LogP contribution < -0.4 is 24.8 Å². The van der Waals surface area contributed by atoms with Gasteiger partial charge in [-0.25, -0.2) is 9.78 Å². The van der Waals surface area contributed by atoms with Gasteiger partial charge in [0.05, 0.1) is 32.7 Å². The van der Waals surface area contributed by atoms with Gasteiger partial charge in [0.1, 0.15) is 11.4 Å². The summed E-state index contributed by atoms with van der Waals surface area (Å²) in [6, 6.07) is 6.82. The zero-order valence-electron chi connectivity index (χ0n) is 13.1. The largest absolute Gasteiger partial charge is 0.492 e. The number of benzene rings is 1. The summed E-state index contributed by atoms with van der Waals surface area (Å²) in [6.07, 6.45) is 1.40. The number of carbonyl (C=O) groups excluding carboxylic acids is 1. The summed E-state index contributed by atoms with van der Waals surface area (Å²) in [7, 11) is 2.88. The van der Waals surface area contributed by atoms with Crippen molar-refractivity contribution in [3.8, 4) is 17.6 Å². The number of ether oxygens (including phenoxy) is 3. The number of anilines is 2. The van der Waals surface area contributed by atoms with E-state index in [1.54, 1.807) is 18.2 Å². The van der Waals surface area contributed by atoms with Crippen LogP contribution in [0.3, 0.4) is 0 Å². The highest BCUT2D eigenvalue weighted by Gasteiger charge is 2.13. The number of nitrogens with one attached hydrogen (secondary N) is 2. The fourth-order valence-corrected chi connectivity index (χ4v) is 1.82. The van der Waals surface area contributed by atoms with Gasteiger partial charge in [0.2, 0.25) is 5.88 Å². The summed E-state index contributed by atoms with van der Waals surface area (Å²) < 4.78 is 15.5. The predicted molar refractivity (Wildman–Crippen MR) is 85.4 cm³/mol. The first-order valence-electron chi connectivity index (χ1n) is 6.92. The predicted octanol–water partition coefficient (Wildman–Crippen LogP) is 2.54. The average Bonchev–Trinajstić information content (AvgIpc) is 2.57. The van der Waals surface area contributed by atoms with E-state index in [1.165, 1.54) is 20.4 Å². The zero-order valence-corrected chi connectivity index (χ0v) is 13.1. The van der Waals surface area contributed by atoms with E-state index in [-0.39, 0.29) is 11.9 Å². The number of nitrogens with zero attached hydrogens (tertiary/aromatic N) is 2. The number of aromatic nitrogens is 2. The molecule has 1 aromatic carbocycles. The third kappa shape index (κ3) is 4.22. The molecule has 0 atom stereocenters. The molecule has 2 aromatic rings. The van der Waals surface area contributed by atoms with Gasteiger partial charge in [0, 0.05) is 0 Å². The average molecular weight is 318 g/mol. The van der Waals surface area contributed by atoms with Crippen LogP contribution in [-0.2, 0) is 0 Å². The molecule has 1 aromatic heterocycles. The molecule has 122 valence electrons. The molecule has 0 bridgehead atoms. The maximum atomic E-state index is 12.1. The van der Waals surface area contributed by atoms with Gasteiger partial charge in [-0.2, -0.15) is 4.98 Å². The van der Waals surface area contributed by atoms with Crippen LogP contribution in [0.1, 0.15) is 6.92 Å². The van der Waals surface area contributed by atoms with Crippen LogP contribution in [0.2, 0.25) is 0 Å². The molecular formula is C15H18N4O4. The monoisotopic (exact) mass is 318 g/mol. The third-order valence-electron chi connectivity index (χ3n) is 2.79. The Labute approximate surface area is 133 Å².